The number of carbonyl (C=O) groups is 2. The molecule has 0 aliphatic carbocycles. The summed E-state index contributed by atoms with van der Waals surface area (Å²) in [6, 6.07) is 9.27. The number of benzene rings is 1. The van der Waals surface area contributed by atoms with Crippen LogP contribution in [0.3, 0.4) is 0 Å². The molecule has 1 aliphatic rings. The van der Waals surface area contributed by atoms with Gasteiger partial charge in [0.15, 0.2) is 0 Å². The number of alkyl halides is 1. The van der Waals surface area contributed by atoms with Crippen LogP contribution in [-0.4, -0.2) is 30.3 Å². The summed E-state index contributed by atoms with van der Waals surface area (Å²) in [5.74, 6) is -1.46. The van der Waals surface area contributed by atoms with Gasteiger partial charge in [0.1, 0.15) is 12.7 Å². The molecule has 2 atom stereocenters. The zero-order valence-corrected chi connectivity index (χ0v) is 11.0. The van der Waals surface area contributed by atoms with Crippen LogP contribution in [0.2, 0.25) is 0 Å². The summed E-state index contributed by atoms with van der Waals surface area (Å²) in [6.45, 7) is 1.02. The van der Waals surface area contributed by atoms with Crippen LogP contribution in [-0.2, 0) is 19.1 Å². The smallest absolute Gasteiger partial charge is 0.344 e. The topological polar surface area (TPSA) is 52.6 Å². The second kappa shape index (κ2) is 5.86. The van der Waals surface area contributed by atoms with Crippen molar-refractivity contribution in [3.05, 3.63) is 42.0 Å². The highest BCUT2D eigenvalue weighted by Crippen LogP contribution is 2.28. The van der Waals surface area contributed by atoms with Crippen LogP contribution < -0.4 is 0 Å². The average molecular weight is 278 g/mol. The predicted molar refractivity (Wildman–Crippen MR) is 70.4 cm³/mol. The van der Waals surface area contributed by atoms with Gasteiger partial charge in [-0.2, -0.15) is 0 Å². The van der Waals surface area contributed by atoms with Gasteiger partial charge >= 0.3 is 11.9 Å². The van der Waals surface area contributed by atoms with E-state index in [2.05, 4.69) is 0 Å². The van der Waals surface area contributed by atoms with Gasteiger partial charge in [-0.05, 0) is 18.6 Å². The Morgan fingerprint density at radius 1 is 1.50 bits per heavy atom. The molecule has 1 fully saturated rings. The van der Waals surface area contributed by atoms with Gasteiger partial charge in [-0.25, -0.2) is 14.0 Å². The molecule has 2 rings (SSSR count). The molecule has 0 radical (unpaired) electrons. The monoisotopic (exact) mass is 278 g/mol. The Bertz CT molecular complexity index is 522. The minimum absolute atomic E-state index is 0.0957. The highest BCUT2D eigenvalue weighted by Gasteiger charge is 2.46. The molecular weight excluding hydrogens is 263 g/mol. The van der Waals surface area contributed by atoms with E-state index in [1.165, 1.54) is 6.08 Å². The second-order valence-corrected chi connectivity index (χ2v) is 4.80. The van der Waals surface area contributed by atoms with Crippen molar-refractivity contribution in [2.24, 2.45) is 0 Å². The lowest BCUT2D eigenvalue weighted by atomic mass is 10.1. The predicted octanol–water partition coefficient (Wildman–Crippen LogP) is 2.29. The normalized spacial score (nSPS) is 25.7. The van der Waals surface area contributed by atoms with Crippen LogP contribution in [0.5, 0.6) is 0 Å². The molecule has 1 saturated heterocycles. The van der Waals surface area contributed by atoms with Crippen molar-refractivity contribution in [2.45, 2.75) is 25.1 Å². The highest BCUT2D eigenvalue weighted by atomic mass is 19.1. The molecule has 4 nitrogen and oxygen atoms in total. The van der Waals surface area contributed by atoms with E-state index in [0.29, 0.717) is 0 Å². The summed E-state index contributed by atoms with van der Waals surface area (Å²) < 4.78 is 23.2. The SMILES string of the molecule is C[C@@]1(F)C[C@@H](COC(=O)/C=C/c2ccccc2)OC1=O. The van der Waals surface area contributed by atoms with Gasteiger partial charge in [0, 0.05) is 12.5 Å². The number of hydrogen-bond donors (Lipinski definition) is 0. The van der Waals surface area contributed by atoms with Gasteiger partial charge in [0.2, 0.25) is 5.67 Å². The Morgan fingerprint density at radius 2 is 2.20 bits per heavy atom. The van der Waals surface area contributed by atoms with E-state index in [-0.39, 0.29) is 13.0 Å². The molecular formula is C15H15FO4. The van der Waals surface area contributed by atoms with Crippen molar-refractivity contribution in [3.63, 3.8) is 0 Å². The summed E-state index contributed by atoms with van der Waals surface area (Å²) in [4.78, 5) is 22.6. The Morgan fingerprint density at radius 3 is 2.80 bits per heavy atom. The maximum absolute atomic E-state index is 13.5. The van der Waals surface area contributed by atoms with Gasteiger partial charge in [0.05, 0.1) is 0 Å². The average Bonchev–Trinajstić information content (AvgIpc) is 2.69. The first kappa shape index (κ1) is 14.2. The summed E-state index contributed by atoms with van der Waals surface area (Å²) >= 11 is 0. The van der Waals surface area contributed by atoms with Crippen molar-refractivity contribution >= 4 is 18.0 Å². The molecule has 5 heteroatoms. The van der Waals surface area contributed by atoms with Crippen molar-refractivity contribution in [1.82, 2.24) is 0 Å². The first-order chi connectivity index (χ1) is 9.47. The first-order valence-corrected chi connectivity index (χ1v) is 6.27. The van der Waals surface area contributed by atoms with E-state index >= 15 is 0 Å². The van der Waals surface area contributed by atoms with Gasteiger partial charge in [0.25, 0.3) is 0 Å². The summed E-state index contributed by atoms with van der Waals surface area (Å²) in [7, 11) is 0. The van der Waals surface area contributed by atoms with Crippen LogP contribution in [0, 0.1) is 0 Å². The molecule has 1 aromatic carbocycles. The Kier molecular flexibility index (Phi) is 4.17. The number of ether oxygens (including phenoxy) is 2. The lowest BCUT2D eigenvalue weighted by Gasteiger charge is -2.08. The molecule has 0 N–H and O–H groups in total. The summed E-state index contributed by atoms with van der Waals surface area (Å²) in [5.41, 5.74) is -1.12. The molecule has 0 amide bonds. The lowest BCUT2D eigenvalue weighted by Crippen LogP contribution is -2.23. The number of esters is 2. The van der Waals surface area contributed by atoms with Gasteiger partial charge in [-0.15, -0.1) is 0 Å². The molecule has 0 unspecified atom stereocenters. The van der Waals surface area contributed by atoms with E-state index < -0.39 is 23.7 Å². The third-order valence-electron chi connectivity index (χ3n) is 2.93. The van der Waals surface area contributed by atoms with Crippen LogP contribution in [0.1, 0.15) is 18.9 Å². The van der Waals surface area contributed by atoms with E-state index in [4.69, 9.17) is 9.47 Å². The minimum Gasteiger partial charge on any atom is -0.459 e. The van der Waals surface area contributed by atoms with Gasteiger partial charge in [-0.3, -0.25) is 0 Å². The van der Waals surface area contributed by atoms with Crippen LogP contribution in [0.25, 0.3) is 6.08 Å². The number of hydrogen-bond acceptors (Lipinski definition) is 4. The van der Waals surface area contributed by atoms with E-state index in [1.54, 1.807) is 6.08 Å². The Balaban J connectivity index is 1.79. The standard InChI is InChI=1S/C15H15FO4/c1-15(16)9-12(20-14(15)18)10-19-13(17)8-7-11-5-3-2-4-6-11/h2-8,12H,9-10H2,1H3/b8-7+/t12-,15+/m0/s1. The van der Waals surface area contributed by atoms with Crippen LogP contribution in [0.4, 0.5) is 4.39 Å². The fourth-order valence-corrected chi connectivity index (χ4v) is 1.87. The fourth-order valence-electron chi connectivity index (χ4n) is 1.87. The van der Waals surface area contributed by atoms with Gasteiger partial charge in [-0.1, -0.05) is 30.3 Å². The van der Waals surface area contributed by atoms with Crippen molar-refractivity contribution in [2.75, 3.05) is 6.61 Å². The number of carbonyl (C=O) groups excluding carboxylic acids is 2. The van der Waals surface area contributed by atoms with E-state index in [9.17, 15) is 14.0 Å². The van der Waals surface area contributed by atoms with Crippen molar-refractivity contribution < 1.29 is 23.5 Å². The summed E-state index contributed by atoms with van der Waals surface area (Å²) in [5, 5.41) is 0. The minimum atomic E-state index is -1.99. The second-order valence-electron chi connectivity index (χ2n) is 4.80. The van der Waals surface area contributed by atoms with Gasteiger partial charge < -0.3 is 9.47 Å². The molecule has 1 aromatic rings. The fraction of sp³-hybridized carbons (Fsp3) is 0.333. The number of cyclic esters (lactones) is 1. The molecule has 0 spiro atoms. The van der Waals surface area contributed by atoms with E-state index in [1.807, 2.05) is 30.3 Å². The van der Waals surface area contributed by atoms with Crippen LogP contribution >= 0.6 is 0 Å². The largest absolute Gasteiger partial charge is 0.459 e. The molecule has 0 saturated carbocycles. The quantitative estimate of drug-likeness (QED) is 0.626. The molecule has 1 heterocycles. The first-order valence-electron chi connectivity index (χ1n) is 6.27. The highest BCUT2D eigenvalue weighted by molar-refractivity contribution is 5.87. The van der Waals surface area contributed by atoms with Crippen molar-refractivity contribution in [1.29, 1.82) is 0 Å². The third-order valence-corrected chi connectivity index (χ3v) is 2.93. The maximum Gasteiger partial charge on any atom is 0.344 e. The molecule has 0 bridgehead atoms. The number of halogens is 1. The molecule has 0 aromatic heterocycles. The maximum atomic E-state index is 13.5. The van der Waals surface area contributed by atoms with E-state index in [0.717, 1.165) is 12.5 Å². The number of rotatable bonds is 4. The van der Waals surface area contributed by atoms with Crippen LogP contribution in [0.15, 0.2) is 36.4 Å². The molecule has 20 heavy (non-hydrogen) atoms. The third kappa shape index (κ3) is 3.66. The molecule has 106 valence electrons. The summed E-state index contributed by atoms with van der Waals surface area (Å²) in [6.07, 6.45) is 2.08. The van der Waals surface area contributed by atoms with Crippen molar-refractivity contribution in [3.8, 4) is 0 Å². The zero-order chi connectivity index (χ0) is 14.6. The Hall–Kier alpha value is -2.17. The lowest BCUT2D eigenvalue weighted by molar-refractivity contribution is -0.153. The molecule has 1 aliphatic heterocycles. The zero-order valence-electron chi connectivity index (χ0n) is 11.0. The Labute approximate surface area is 116 Å².